The topological polar surface area (TPSA) is 82.8 Å². The number of fused-ring (bicyclic) bond motifs is 2. The molecule has 3 heterocycles. The van der Waals surface area contributed by atoms with Crippen LogP contribution in [-0.2, 0) is 5.75 Å². The summed E-state index contributed by atoms with van der Waals surface area (Å²) >= 11 is 1.59. The summed E-state index contributed by atoms with van der Waals surface area (Å²) in [4.78, 5) is 0. The molecule has 3 aromatic heterocycles. The molecule has 0 spiro atoms. The molecular formula is C24H25N5O2S. The van der Waals surface area contributed by atoms with Crippen LogP contribution in [0, 0.1) is 17.8 Å². The van der Waals surface area contributed by atoms with Gasteiger partial charge in [0.2, 0.25) is 17.6 Å². The van der Waals surface area contributed by atoms with Crippen molar-refractivity contribution in [2.75, 3.05) is 0 Å². The molecule has 6 rings (SSSR count). The smallest absolute Gasteiger partial charge is 0.247 e. The molecular weight excluding hydrogens is 422 g/mol. The van der Waals surface area contributed by atoms with E-state index >= 15 is 0 Å². The molecule has 2 fully saturated rings. The highest BCUT2D eigenvalue weighted by molar-refractivity contribution is 7.98. The summed E-state index contributed by atoms with van der Waals surface area (Å²) in [6, 6.07) is 14.0. The van der Waals surface area contributed by atoms with Gasteiger partial charge in [-0.25, -0.2) is 0 Å². The fourth-order valence-electron chi connectivity index (χ4n) is 5.53. The van der Waals surface area contributed by atoms with Crippen molar-refractivity contribution in [3.8, 4) is 23.0 Å². The van der Waals surface area contributed by atoms with Gasteiger partial charge in [0.15, 0.2) is 10.9 Å². The first-order valence-electron chi connectivity index (χ1n) is 11.3. The Hall–Kier alpha value is -2.87. The SMILES string of the molecule is C[C@@H]([C@H]1C[C@@H]2CC[C@@H]1C2)n1c(SCc2nnc(-c3ccccc3)o2)nnc1-c1ccco1. The summed E-state index contributed by atoms with van der Waals surface area (Å²) in [5.74, 6) is 5.56. The van der Waals surface area contributed by atoms with E-state index < -0.39 is 0 Å². The molecule has 0 saturated heterocycles. The molecule has 4 atom stereocenters. The van der Waals surface area contributed by atoms with Crippen molar-refractivity contribution in [1.82, 2.24) is 25.0 Å². The zero-order chi connectivity index (χ0) is 21.5. The average Bonchev–Trinajstić information content (AvgIpc) is 3.66. The summed E-state index contributed by atoms with van der Waals surface area (Å²) in [6.07, 6.45) is 7.11. The van der Waals surface area contributed by atoms with Crippen LogP contribution in [0.4, 0.5) is 0 Å². The summed E-state index contributed by atoms with van der Waals surface area (Å²) in [6.45, 7) is 2.31. The molecule has 2 bridgehead atoms. The number of hydrogen-bond donors (Lipinski definition) is 0. The molecule has 0 aliphatic heterocycles. The first kappa shape index (κ1) is 19.8. The van der Waals surface area contributed by atoms with Gasteiger partial charge < -0.3 is 8.83 Å². The van der Waals surface area contributed by atoms with Crippen LogP contribution in [0.25, 0.3) is 23.0 Å². The number of thioether (sulfide) groups is 1. The first-order valence-corrected chi connectivity index (χ1v) is 12.2. The highest BCUT2D eigenvalue weighted by Gasteiger charge is 2.43. The summed E-state index contributed by atoms with van der Waals surface area (Å²) < 4.78 is 13.8. The fraction of sp³-hybridized carbons (Fsp3) is 0.417. The van der Waals surface area contributed by atoms with Gasteiger partial charge in [-0.3, -0.25) is 4.57 Å². The lowest BCUT2D eigenvalue weighted by Gasteiger charge is -2.30. The lowest BCUT2D eigenvalue weighted by atomic mass is 9.84. The summed E-state index contributed by atoms with van der Waals surface area (Å²) in [5, 5.41) is 18.3. The van der Waals surface area contributed by atoms with E-state index in [1.54, 1.807) is 18.0 Å². The molecule has 164 valence electrons. The number of benzene rings is 1. The van der Waals surface area contributed by atoms with E-state index in [9.17, 15) is 0 Å². The molecule has 8 heteroatoms. The second-order valence-electron chi connectivity index (χ2n) is 8.89. The lowest BCUT2D eigenvalue weighted by Crippen LogP contribution is -2.23. The van der Waals surface area contributed by atoms with E-state index in [4.69, 9.17) is 8.83 Å². The van der Waals surface area contributed by atoms with Crippen molar-refractivity contribution in [1.29, 1.82) is 0 Å². The summed E-state index contributed by atoms with van der Waals surface area (Å²) in [5.41, 5.74) is 0.921. The minimum Gasteiger partial charge on any atom is -0.461 e. The Morgan fingerprint density at radius 2 is 1.94 bits per heavy atom. The van der Waals surface area contributed by atoms with Gasteiger partial charge in [-0.2, -0.15) is 0 Å². The van der Waals surface area contributed by atoms with Gasteiger partial charge in [0.05, 0.1) is 12.0 Å². The Bertz CT molecular complexity index is 1190. The monoisotopic (exact) mass is 447 g/mol. The Labute approximate surface area is 190 Å². The molecule has 1 aromatic carbocycles. The maximum Gasteiger partial charge on any atom is 0.247 e. The van der Waals surface area contributed by atoms with E-state index in [1.807, 2.05) is 42.5 Å². The first-order chi connectivity index (χ1) is 15.8. The third-order valence-electron chi connectivity index (χ3n) is 7.04. The molecule has 0 radical (unpaired) electrons. The van der Waals surface area contributed by atoms with Crippen molar-refractivity contribution >= 4 is 11.8 Å². The van der Waals surface area contributed by atoms with Crippen LogP contribution in [0.1, 0.15) is 44.5 Å². The van der Waals surface area contributed by atoms with Gasteiger partial charge in [0, 0.05) is 11.6 Å². The molecule has 0 N–H and O–H groups in total. The van der Waals surface area contributed by atoms with Crippen LogP contribution in [0.2, 0.25) is 0 Å². The average molecular weight is 448 g/mol. The second kappa shape index (κ2) is 8.24. The number of aromatic nitrogens is 5. The minimum atomic E-state index is 0.311. The van der Waals surface area contributed by atoms with Crippen molar-refractivity contribution in [2.45, 2.75) is 49.6 Å². The van der Waals surface area contributed by atoms with Gasteiger partial charge in [-0.1, -0.05) is 36.4 Å². The second-order valence-corrected chi connectivity index (χ2v) is 9.83. The van der Waals surface area contributed by atoms with E-state index in [2.05, 4.69) is 31.9 Å². The quantitative estimate of drug-likeness (QED) is 0.327. The molecule has 7 nitrogen and oxygen atoms in total. The number of nitrogens with zero attached hydrogens (tertiary/aromatic N) is 5. The van der Waals surface area contributed by atoms with E-state index in [-0.39, 0.29) is 0 Å². The van der Waals surface area contributed by atoms with Gasteiger partial charge in [0.1, 0.15) is 0 Å². The highest BCUT2D eigenvalue weighted by Crippen LogP contribution is 2.53. The lowest BCUT2D eigenvalue weighted by molar-refractivity contribution is 0.235. The molecule has 4 aromatic rings. The Kier molecular flexibility index (Phi) is 5.09. The molecule has 32 heavy (non-hydrogen) atoms. The van der Waals surface area contributed by atoms with Gasteiger partial charge in [0.25, 0.3) is 0 Å². The maximum atomic E-state index is 5.89. The van der Waals surface area contributed by atoms with E-state index in [0.29, 0.717) is 29.5 Å². The van der Waals surface area contributed by atoms with Crippen LogP contribution in [0.5, 0.6) is 0 Å². The van der Waals surface area contributed by atoms with Crippen molar-refractivity contribution in [2.24, 2.45) is 17.8 Å². The van der Waals surface area contributed by atoms with Crippen LogP contribution in [-0.4, -0.2) is 25.0 Å². The molecule has 2 aliphatic rings. The van der Waals surface area contributed by atoms with Gasteiger partial charge in [-0.05, 0) is 68.2 Å². The standard InChI is InChI=1S/C24H25N5O2S/c1-15(19-13-16-9-10-18(19)12-16)29-22(20-8-5-11-30-20)26-28-24(29)32-14-21-25-27-23(31-21)17-6-3-2-4-7-17/h2-8,11,15-16,18-19H,9-10,12-14H2,1H3/t15-,16+,18+,19+/m0/s1. The Balaban J connectivity index is 1.26. The molecule has 0 unspecified atom stereocenters. The molecule has 0 amide bonds. The highest BCUT2D eigenvalue weighted by atomic mass is 32.2. The van der Waals surface area contributed by atoms with Crippen molar-refractivity contribution in [3.05, 3.63) is 54.6 Å². The van der Waals surface area contributed by atoms with E-state index in [0.717, 1.165) is 34.1 Å². The van der Waals surface area contributed by atoms with Crippen LogP contribution in [0.15, 0.2) is 62.7 Å². The Morgan fingerprint density at radius 3 is 2.69 bits per heavy atom. The zero-order valence-electron chi connectivity index (χ0n) is 17.9. The van der Waals surface area contributed by atoms with Crippen LogP contribution < -0.4 is 0 Å². The number of furan rings is 1. The summed E-state index contributed by atoms with van der Waals surface area (Å²) in [7, 11) is 0. The minimum absolute atomic E-state index is 0.311. The zero-order valence-corrected chi connectivity index (χ0v) is 18.7. The van der Waals surface area contributed by atoms with Crippen LogP contribution in [0.3, 0.4) is 0 Å². The predicted molar refractivity (Wildman–Crippen MR) is 121 cm³/mol. The molecule has 2 saturated carbocycles. The van der Waals surface area contributed by atoms with Crippen molar-refractivity contribution < 1.29 is 8.83 Å². The third-order valence-corrected chi connectivity index (χ3v) is 7.97. The largest absolute Gasteiger partial charge is 0.461 e. The van der Waals surface area contributed by atoms with Crippen LogP contribution >= 0.6 is 11.8 Å². The maximum absolute atomic E-state index is 5.89. The van der Waals surface area contributed by atoms with E-state index in [1.165, 1.54) is 25.7 Å². The normalized spacial score (nSPS) is 23.1. The number of rotatable bonds is 7. The van der Waals surface area contributed by atoms with Gasteiger partial charge >= 0.3 is 0 Å². The van der Waals surface area contributed by atoms with Gasteiger partial charge in [-0.15, -0.1) is 20.4 Å². The Morgan fingerprint density at radius 1 is 1.03 bits per heavy atom. The molecule has 2 aliphatic carbocycles. The predicted octanol–water partition coefficient (Wildman–Crippen LogP) is 5.88. The fourth-order valence-corrected chi connectivity index (χ4v) is 6.39. The van der Waals surface area contributed by atoms with Crippen molar-refractivity contribution in [3.63, 3.8) is 0 Å². The number of hydrogen-bond acceptors (Lipinski definition) is 7. The third kappa shape index (κ3) is 3.56.